The Hall–Kier alpha value is -12.1. The summed E-state index contributed by atoms with van der Waals surface area (Å²) in [4.78, 5) is 194. The van der Waals surface area contributed by atoms with Gasteiger partial charge in [0, 0.05) is 139 Å². The number of likely N-dealkylation sites (N-methyl/N-ethyl adjacent to an activating group) is 2. The molecule has 7 amide bonds. The fraction of sp³-hybridized carbons (Fsp3) is 0.384. The Morgan fingerprint density at radius 1 is 0.534 bits per heavy atom. The van der Waals surface area contributed by atoms with E-state index in [-0.39, 0.29) is 113 Å². The number of phenolic OH excluding ortho intramolecular Hbond substituents is 4. The molecule has 13 atom stereocenters. The average Bonchev–Trinajstić information content (AvgIpc) is 1.38. The second kappa shape index (κ2) is 45.6. The van der Waals surface area contributed by atoms with Gasteiger partial charge in [0.1, 0.15) is 65.2 Å². The third-order valence-electron chi connectivity index (χ3n) is 24.6. The first kappa shape index (κ1) is 101. The second-order valence-corrected chi connectivity index (χ2v) is 37.2. The van der Waals surface area contributed by atoms with E-state index in [2.05, 4.69) is 20.5 Å². The van der Waals surface area contributed by atoms with Crippen molar-refractivity contribution in [1.82, 2.24) is 30.7 Å². The zero-order valence-electron chi connectivity index (χ0n) is 74.5. The molecule has 3 aliphatic heterocycles. The minimum atomic E-state index is -4.21. The summed E-state index contributed by atoms with van der Waals surface area (Å²) in [6, 6.07) is 39.1. The van der Waals surface area contributed by atoms with Crippen molar-refractivity contribution in [2.45, 2.75) is 161 Å². The van der Waals surface area contributed by atoms with Crippen LogP contribution in [0.1, 0.15) is 167 Å². The standard InChI is InChI=1S/C51H59ClN6O9.C48H55ClN3O11P/c1-28-20-22-58(45(28)47(54)63)50(66)30(3)55-49(65)40-25-31-8-18-41(59)38(24-31)39-26-35(15-19-42(39)60)46(44(62)23-29(2)48(64)56-40)57(4)51(67)36(7-5-6-21-53)27-43(61)34-11-9-32(10-12-34)33-13-16-37(52)17-14-33;1-28(45(58)27-64(61,62)63-4)21-43(56)39-24-30-8-18-40(53)37(23-30)38-25-34(15-19-41(38)54)46(44(57)22-29(2)47(59)51-39)52(3)48(60)35(7-5-6-20-50)26-42(55)33-11-9-31(10-12-33)32-13-16-36(49)17-14-32/h8-19,24,26,28-30,36,40,45-46,59-60H,5-7,20-23,25,27,53H2,1-4H3,(H2,54,63)(H,55,65)(H,56,64);8-19,23,25,28-29,35,39,46,53-54H,5-7,20-22,24,26-27,50H2,1-4H3,(H,51,59)(H,61,62)/t28-,29+,30-,36+,40-,45-,46-;28-,29-,35-,39+,46+/m01/s1. The van der Waals surface area contributed by atoms with Crippen LogP contribution in [0.15, 0.2) is 170 Å². The van der Waals surface area contributed by atoms with Gasteiger partial charge in [-0.15, -0.1) is 0 Å². The number of benzene rings is 8. The molecule has 0 aromatic heterocycles. The number of nitrogens with zero attached hydrogens (tertiary/aromatic N) is 3. The number of phenols is 4. The van der Waals surface area contributed by atoms with Crippen LogP contribution in [0.3, 0.4) is 0 Å². The number of Topliss-reactive ketones (excluding diaryl/α,β-unsaturated/α-hetero) is 6. The molecule has 8 aromatic rings. The first-order valence-corrected chi connectivity index (χ1v) is 46.2. The lowest BCUT2D eigenvalue weighted by molar-refractivity contribution is -0.143. The number of unbranched alkanes of at least 4 members (excludes halogenated alkanes) is 2. The van der Waals surface area contributed by atoms with E-state index in [4.69, 9.17) is 40.4 Å². The van der Waals surface area contributed by atoms with E-state index >= 15 is 0 Å². The van der Waals surface area contributed by atoms with E-state index in [0.717, 1.165) is 29.4 Å². The van der Waals surface area contributed by atoms with Gasteiger partial charge in [-0.2, -0.15) is 0 Å². The number of nitrogens with one attached hydrogen (secondary N) is 3. The molecule has 3 heterocycles. The number of rotatable bonds is 31. The molecule has 29 nitrogen and oxygen atoms in total. The first-order chi connectivity index (χ1) is 62.2. The lowest BCUT2D eigenvalue weighted by Gasteiger charge is -2.32. The number of hydrogen-bond donors (Lipinski definition) is 11. The molecule has 694 valence electrons. The van der Waals surface area contributed by atoms with Crippen molar-refractivity contribution in [3.63, 3.8) is 0 Å². The molecule has 1 saturated heterocycles. The summed E-state index contributed by atoms with van der Waals surface area (Å²) in [5.74, 6) is -13.0. The topological polar surface area (TPSA) is 473 Å². The van der Waals surface area contributed by atoms with Crippen LogP contribution in [0.5, 0.6) is 23.0 Å². The maximum absolute atomic E-state index is 14.7. The van der Waals surface area contributed by atoms with Gasteiger partial charge in [-0.1, -0.05) is 161 Å². The van der Waals surface area contributed by atoms with Crippen LogP contribution in [0, 0.1) is 35.5 Å². The number of nitrogens with two attached hydrogens (primary N) is 3. The third-order valence-corrected chi connectivity index (χ3v) is 26.4. The van der Waals surface area contributed by atoms with Crippen molar-refractivity contribution < 1.29 is 96.7 Å². The highest BCUT2D eigenvalue weighted by Crippen LogP contribution is 2.45. The highest BCUT2D eigenvalue weighted by Gasteiger charge is 2.43. The summed E-state index contributed by atoms with van der Waals surface area (Å²) < 4.78 is 16.6. The molecule has 11 rings (SSSR count). The molecular formula is C99H114Cl2N9O20P. The number of aromatic hydroxyl groups is 4. The number of ketones is 6. The number of carbonyl (C=O) groups is 13. The minimum Gasteiger partial charge on any atom is -0.507 e. The largest absolute Gasteiger partial charge is 0.507 e. The molecule has 1 fully saturated rings. The fourth-order valence-corrected chi connectivity index (χ4v) is 18.1. The molecule has 131 heavy (non-hydrogen) atoms. The third kappa shape index (κ3) is 26.0. The van der Waals surface area contributed by atoms with E-state index in [1.54, 1.807) is 60.7 Å². The molecule has 0 spiro atoms. The Kier molecular flexibility index (Phi) is 35.2. The quantitative estimate of drug-likeness (QED) is 0.0109. The first-order valence-electron chi connectivity index (χ1n) is 43.7. The van der Waals surface area contributed by atoms with Crippen LogP contribution >= 0.6 is 30.8 Å². The highest BCUT2D eigenvalue weighted by atomic mass is 35.5. The Balaban J connectivity index is 0.000000272. The summed E-state index contributed by atoms with van der Waals surface area (Å²) in [5.41, 5.74) is 23.6. The molecule has 0 radical (unpaired) electrons. The van der Waals surface area contributed by atoms with Crippen molar-refractivity contribution in [1.29, 1.82) is 0 Å². The molecule has 8 aromatic carbocycles. The number of fused-ring (bicyclic) bond motifs is 10. The summed E-state index contributed by atoms with van der Waals surface area (Å²) >= 11 is 12.1. The number of amides is 7. The zero-order valence-corrected chi connectivity index (χ0v) is 76.9. The van der Waals surface area contributed by atoms with Crippen molar-refractivity contribution in [2.75, 3.05) is 47.0 Å². The van der Waals surface area contributed by atoms with Gasteiger partial charge in [-0.25, -0.2) is 0 Å². The lowest BCUT2D eigenvalue weighted by atomic mass is 9.87. The number of likely N-dealkylation sites (tertiary alicyclic amines) is 1. The summed E-state index contributed by atoms with van der Waals surface area (Å²) in [6.45, 7) is 8.75. The molecular weight excluding hydrogens is 1740 g/mol. The minimum absolute atomic E-state index is 0.104. The number of hydrogen-bond acceptors (Lipinski definition) is 21. The Morgan fingerprint density at radius 2 is 0.916 bits per heavy atom. The number of carbonyl (C=O) groups excluding carboxylic acids is 13. The van der Waals surface area contributed by atoms with Crippen molar-refractivity contribution in [3.8, 4) is 67.5 Å². The second-order valence-electron chi connectivity index (χ2n) is 34.4. The van der Waals surface area contributed by atoms with E-state index < -0.39 is 157 Å². The molecule has 0 saturated carbocycles. The SMILES string of the molecule is COP(=O)(O)CC(=O)[C@H](C)CC(=O)[C@@H]1Cc2ccc(O)c(c2)-c2cc(ccc2O)[C@H](N(C)C(=O)[C@H](CCCCN)CC(=O)c2ccc(-c3ccc(Cl)cc3)cc2)C(=O)C[C@@H](C)C(=O)N1.C[C@@H]1CC(=O)[C@@H](N(C)C(=O)[C@H](CCCCN)CC(=O)c2ccc(-c3ccc(Cl)cc3)cc2)c2ccc(O)c(c2)-c2cc(ccc2O)C[C@@H](C(=O)N[C@@H](C)C(=O)N2CC[C@H](C)[C@H]2C(N)=O)NC1=O. The van der Waals surface area contributed by atoms with Gasteiger partial charge in [0.15, 0.2) is 28.9 Å². The van der Waals surface area contributed by atoms with Crippen molar-refractivity contribution >= 4 is 107 Å². The van der Waals surface area contributed by atoms with Crippen molar-refractivity contribution in [2.24, 2.45) is 52.7 Å². The van der Waals surface area contributed by atoms with Gasteiger partial charge in [0.2, 0.25) is 41.4 Å². The Morgan fingerprint density at radius 3 is 1.31 bits per heavy atom. The normalized spacial score (nSPS) is 19.5. The van der Waals surface area contributed by atoms with Gasteiger partial charge in [0.05, 0.1) is 6.04 Å². The van der Waals surface area contributed by atoms with Crippen LogP contribution in [-0.4, -0.2) is 187 Å². The van der Waals surface area contributed by atoms with E-state index in [0.29, 0.717) is 90.3 Å². The predicted molar refractivity (Wildman–Crippen MR) is 496 cm³/mol. The van der Waals surface area contributed by atoms with Crippen LogP contribution in [0.2, 0.25) is 10.0 Å². The van der Waals surface area contributed by atoms with Crippen molar-refractivity contribution in [3.05, 3.63) is 213 Å². The van der Waals surface area contributed by atoms with Gasteiger partial charge in [-0.3, -0.25) is 66.9 Å². The molecule has 0 aliphatic carbocycles. The van der Waals surface area contributed by atoms with E-state index in [1.807, 2.05) is 55.5 Å². The van der Waals surface area contributed by atoms with Gasteiger partial charge in [0.25, 0.3) is 0 Å². The van der Waals surface area contributed by atoms with Gasteiger partial charge in [-0.05, 0) is 182 Å². The van der Waals surface area contributed by atoms with Crippen LogP contribution < -0.4 is 33.2 Å². The number of primary amides is 1. The van der Waals surface area contributed by atoms with Gasteiger partial charge >= 0.3 is 7.60 Å². The molecule has 32 heteroatoms. The highest BCUT2D eigenvalue weighted by molar-refractivity contribution is 7.53. The lowest BCUT2D eigenvalue weighted by Crippen LogP contribution is -2.56. The summed E-state index contributed by atoms with van der Waals surface area (Å²) in [5, 5.41) is 54.0. The maximum atomic E-state index is 14.7. The molecule has 14 N–H and O–H groups in total. The fourth-order valence-electron chi connectivity index (χ4n) is 17.0. The molecule has 1 unspecified atom stereocenters. The predicted octanol–water partition coefficient (Wildman–Crippen LogP) is 12.7. The Bertz CT molecular complexity index is 5620. The monoisotopic (exact) mass is 1850 g/mol. The van der Waals surface area contributed by atoms with Crippen LogP contribution in [-0.2, 0) is 74.7 Å². The van der Waals surface area contributed by atoms with E-state index in [1.165, 1.54) is 117 Å². The Labute approximate surface area is 771 Å². The summed E-state index contributed by atoms with van der Waals surface area (Å²) in [6.07, 6.45) is 0.866. The summed E-state index contributed by atoms with van der Waals surface area (Å²) in [7, 11) is -0.304. The van der Waals surface area contributed by atoms with Crippen LogP contribution in [0.4, 0.5) is 0 Å². The maximum Gasteiger partial charge on any atom is 0.335 e. The average molecular weight is 1850 g/mol. The number of halogens is 2. The zero-order chi connectivity index (χ0) is 95.6. The smallest absolute Gasteiger partial charge is 0.335 e. The van der Waals surface area contributed by atoms with Gasteiger partial charge < -0.3 is 77.7 Å². The van der Waals surface area contributed by atoms with E-state index in [9.17, 15) is 92.2 Å². The molecule has 3 aliphatic rings. The molecule has 8 bridgehead atoms. The van der Waals surface area contributed by atoms with Crippen LogP contribution in [0.25, 0.3) is 44.5 Å².